The molecule has 0 fully saturated rings. The largest absolute Gasteiger partial charge is 0.476 e. The number of carboxylic acid groups (broad SMARTS) is 1. The summed E-state index contributed by atoms with van der Waals surface area (Å²) in [5.74, 6) is -0.928. The van der Waals surface area contributed by atoms with Crippen LogP contribution in [0.4, 0.5) is 0 Å². The van der Waals surface area contributed by atoms with Crippen LogP contribution in [0.3, 0.4) is 0 Å². The second kappa shape index (κ2) is 8.09. The van der Waals surface area contributed by atoms with Crippen LogP contribution in [0.25, 0.3) is 5.69 Å². The monoisotopic (exact) mass is 439 g/mol. The van der Waals surface area contributed by atoms with Crippen molar-refractivity contribution in [3.63, 3.8) is 0 Å². The summed E-state index contributed by atoms with van der Waals surface area (Å²) in [5, 5.41) is 12.7. The third-order valence-electron chi connectivity index (χ3n) is 3.54. The van der Waals surface area contributed by atoms with Gasteiger partial charge in [0.05, 0.1) is 15.7 Å². The summed E-state index contributed by atoms with van der Waals surface area (Å²) in [4.78, 5) is 37.5. The minimum Gasteiger partial charge on any atom is -0.476 e. The van der Waals surface area contributed by atoms with Gasteiger partial charge in [0.15, 0.2) is 5.75 Å². The van der Waals surface area contributed by atoms with Crippen LogP contribution >= 0.6 is 35.0 Å². The number of thioether (sulfide) groups is 1. The highest BCUT2D eigenvalue weighted by Crippen LogP contribution is 2.38. The molecule has 1 heterocycles. The molecule has 0 bridgehead atoms. The number of halogens is 2. The van der Waals surface area contributed by atoms with Gasteiger partial charge in [-0.3, -0.25) is 9.78 Å². The van der Waals surface area contributed by atoms with E-state index in [9.17, 15) is 14.4 Å². The molecule has 1 aromatic heterocycles. The van der Waals surface area contributed by atoms with Crippen LogP contribution in [0.5, 0.6) is 11.5 Å². The number of carboxylic acids is 1. The number of benzene rings is 2. The van der Waals surface area contributed by atoms with Crippen molar-refractivity contribution in [1.29, 1.82) is 0 Å². The van der Waals surface area contributed by atoms with Crippen LogP contribution in [0, 0.1) is 0 Å². The number of ether oxygens (including phenoxy) is 1. The number of carbonyl (C=O) groups is 1. The SMILES string of the molecule is CSc1ccc(Oc2c(Cl)cc(-n3nc(C(=O)O)c(=O)[nH]c3=O)cc2Cl)cc1. The van der Waals surface area contributed by atoms with Gasteiger partial charge in [0.1, 0.15) is 5.75 Å². The van der Waals surface area contributed by atoms with E-state index in [2.05, 4.69) is 5.10 Å². The summed E-state index contributed by atoms with van der Waals surface area (Å²) < 4.78 is 6.39. The number of nitrogens with zero attached hydrogens (tertiary/aromatic N) is 2. The van der Waals surface area contributed by atoms with Crippen molar-refractivity contribution < 1.29 is 14.6 Å². The molecule has 0 aliphatic rings. The maximum atomic E-state index is 12.0. The Hall–Kier alpha value is -2.75. The van der Waals surface area contributed by atoms with Gasteiger partial charge >= 0.3 is 11.7 Å². The molecule has 3 aromatic rings. The highest BCUT2D eigenvalue weighted by atomic mass is 35.5. The maximum absolute atomic E-state index is 12.0. The van der Waals surface area contributed by atoms with E-state index in [-0.39, 0.29) is 21.5 Å². The zero-order valence-electron chi connectivity index (χ0n) is 14.1. The van der Waals surface area contributed by atoms with Crippen LogP contribution in [-0.2, 0) is 0 Å². The lowest BCUT2D eigenvalue weighted by atomic mass is 10.3. The Balaban J connectivity index is 2.02. The average Bonchev–Trinajstić information content (AvgIpc) is 2.64. The third-order valence-corrected chi connectivity index (χ3v) is 4.84. The molecule has 11 heteroatoms. The lowest BCUT2D eigenvalue weighted by molar-refractivity contribution is 0.0685. The average molecular weight is 440 g/mol. The van der Waals surface area contributed by atoms with Crippen molar-refractivity contribution in [2.75, 3.05) is 6.26 Å². The summed E-state index contributed by atoms with van der Waals surface area (Å²) in [6, 6.07) is 9.87. The lowest BCUT2D eigenvalue weighted by Crippen LogP contribution is -2.35. The molecule has 0 atom stereocenters. The van der Waals surface area contributed by atoms with Crippen molar-refractivity contribution in [2.24, 2.45) is 0 Å². The lowest BCUT2D eigenvalue weighted by Gasteiger charge is -2.12. The summed E-state index contributed by atoms with van der Waals surface area (Å²) in [6.45, 7) is 0. The maximum Gasteiger partial charge on any atom is 0.362 e. The molecule has 0 spiro atoms. The first-order chi connectivity index (χ1) is 13.3. The van der Waals surface area contributed by atoms with Crippen LogP contribution in [0.1, 0.15) is 10.5 Å². The molecule has 0 aliphatic carbocycles. The van der Waals surface area contributed by atoms with Gasteiger partial charge in [0.25, 0.3) is 5.56 Å². The van der Waals surface area contributed by atoms with Gasteiger partial charge in [-0.1, -0.05) is 23.2 Å². The second-order valence-electron chi connectivity index (χ2n) is 5.34. The molecule has 0 unspecified atom stereocenters. The van der Waals surface area contributed by atoms with Gasteiger partial charge in [0, 0.05) is 4.90 Å². The smallest absolute Gasteiger partial charge is 0.362 e. The Bertz CT molecular complexity index is 1150. The van der Waals surface area contributed by atoms with E-state index in [1.807, 2.05) is 23.4 Å². The van der Waals surface area contributed by atoms with Crippen molar-refractivity contribution >= 4 is 40.9 Å². The molecule has 0 radical (unpaired) electrons. The van der Waals surface area contributed by atoms with Gasteiger partial charge < -0.3 is 9.84 Å². The quantitative estimate of drug-likeness (QED) is 0.584. The number of aromatic carboxylic acids is 1. The Morgan fingerprint density at radius 2 is 1.79 bits per heavy atom. The van der Waals surface area contributed by atoms with Crippen molar-refractivity contribution in [1.82, 2.24) is 14.8 Å². The number of hydrogen-bond donors (Lipinski definition) is 2. The normalized spacial score (nSPS) is 10.7. The Morgan fingerprint density at radius 3 is 2.32 bits per heavy atom. The number of H-pyrrole nitrogens is 1. The van der Waals surface area contributed by atoms with E-state index in [0.29, 0.717) is 10.4 Å². The Morgan fingerprint density at radius 1 is 1.18 bits per heavy atom. The van der Waals surface area contributed by atoms with Gasteiger partial charge in [-0.05, 0) is 42.7 Å². The first-order valence-electron chi connectivity index (χ1n) is 7.58. The molecule has 2 N–H and O–H groups in total. The zero-order chi connectivity index (χ0) is 20.4. The topological polar surface area (TPSA) is 114 Å². The molecular formula is C17H11Cl2N3O5S. The fourth-order valence-corrected chi connectivity index (χ4v) is 3.20. The minimum atomic E-state index is -1.58. The van der Waals surface area contributed by atoms with E-state index in [4.69, 9.17) is 33.0 Å². The number of nitrogens with one attached hydrogen (secondary N) is 1. The van der Waals surface area contributed by atoms with Crippen molar-refractivity contribution in [3.05, 3.63) is 73.0 Å². The molecule has 8 nitrogen and oxygen atoms in total. The molecule has 144 valence electrons. The van der Waals surface area contributed by atoms with Gasteiger partial charge in [-0.25, -0.2) is 9.59 Å². The first kappa shape index (κ1) is 20.0. The predicted molar refractivity (Wildman–Crippen MR) is 106 cm³/mol. The molecular weight excluding hydrogens is 429 g/mol. The third kappa shape index (κ3) is 4.06. The van der Waals surface area contributed by atoms with E-state index >= 15 is 0 Å². The van der Waals surface area contributed by atoms with E-state index in [0.717, 1.165) is 4.90 Å². The standard InChI is InChI=1S/C17H11Cl2N3O5S/c1-28-10-4-2-9(3-5-10)27-14-11(18)6-8(7-12(14)19)22-17(26)20-15(23)13(21-22)16(24)25/h2-7H,1H3,(H,24,25)(H,20,23,26). The molecule has 0 amide bonds. The number of aromatic amines is 1. The fourth-order valence-electron chi connectivity index (χ4n) is 2.24. The summed E-state index contributed by atoms with van der Waals surface area (Å²) in [7, 11) is 0. The summed E-state index contributed by atoms with van der Waals surface area (Å²) in [6.07, 6.45) is 1.95. The van der Waals surface area contributed by atoms with E-state index < -0.39 is 22.9 Å². The van der Waals surface area contributed by atoms with Gasteiger partial charge in [0.2, 0.25) is 5.69 Å². The number of aromatic nitrogens is 3. The molecule has 0 saturated heterocycles. The molecule has 0 aliphatic heterocycles. The zero-order valence-corrected chi connectivity index (χ0v) is 16.4. The van der Waals surface area contributed by atoms with Crippen LogP contribution in [-0.4, -0.2) is 32.1 Å². The van der Waals surface area contributed by atoms with Crippen LogP contribution in [0.15, 0.2) is 50.9 Å². The molecule has 0 saturated carbocycles. The van der Waals surface area contributed by atoms with Crippen LogP contribution < -0.4 is 16.0 Å². The minimum absolute atomic E-state index is 0.0591. The van der Waals surface area contributed by atoms with Crippen LogP contribution in [0.2, 0.25) is 10.0 Å². The summed E-state index contributed by atoms with van der Waals surface area (Å²) in [5.41, 5.74) is -2.84. The molecule has 3 rings (SSSR count). The Kier molecular flexibility index (Phi) is 5.78. The van der Waals surface area contributed by atoms with Crippen molar-refractivity contribution in [2.45, 2.75) is 4.90 Å². The highest BCUT2D eigenvalue weighted by molar-refractivity contribution is 7.98. The number of hydrogen-bond acceptors (Lipinski definition) is 6. The van der Waals surface area contributed by atoms with Gasteiger partial charge in [-0.15, -0.1) is 11.8 Å². The first-order valence-corrected chi connectivity index (χ1v) is 9.56. The second-order valence-corrected chi connectivity index (χ2v) is 7.04. The molecule has 2 aromatic carbocycles. The Labute approximate surface area is 171 Å². The van der Waals surface area contributed by atoms with Crippen molar-refractivity contribution in [3.8, 4) is 17.2 Å². The predicted octanol–water partition coefficient (Wildman–Crippen LogP) is 3.44. The fraction of sp³-hybridized carbons (Fsp3) is 0.0588. The number of rotatable bonds is 5. The van der Waals surface area contributed by atoms with E-state index in [1.54, 1.807) is 23.9 Å². The summed E-state index contributed by atoms with van der Waals surface area (Å²) >= 11 is 14.0. The van der Waals surface area contributed by atoms with E-state index in [1.165, 1.54) is 12.1 Å². The molecule has 28 heavy (non-hydrogen) atoms. The van der Waals surface area contributed by atoms with Gasteiger partial charge in [-0.2, -0.15) is 9.78 Å². The highest BCUT2D eigenvalue weighted by Gasteiger charge is 2.17.